The van der Waals surface area contributed by atoms with E-state index in [9.17, 15) is 54.3 Å². The molecule has 8 unspecified atom stereocenters. The Morgan fingerprint density at radius 1 is 0.304 bits per heavy atom. The summed E-state index contributed by atoms with van der Waals surface area (Å²) in [6.07, 6.45) is 26.0. The molecule has 115 heavy (non-hydrogen) atoms. The SMILES string of the molecule is Cc1c2ccccc2c(C23CC4CC(CC(COC(=O)C(C)(F)F)(C4)C2)C3)c2ccccc12.Cc1cc(C)c(C23CC4CC(CC(COC(=O)C(C)(F)F)(C4)C2)C3)c(C)c1.Cc1ccc(C23CC4CC(CC(COC(=O)C(C)(F)F)(C4)C2)C3)c(C)c1.Cc1ccc(C23CC4CC(CC(COC(=O)C(C)(F)F)(C4)C2)C3)c2ccccc12. The second-order valence-electron chi connectivity index (χ2n) is 41.0. The van der Waals surface area contributed by atoms with Crippen molar-refractivity contribution in [3.05, 3.63) is 176 Å². The molecule has 16 bridgehead atoms. The third-order valence-electron chi connectivity index (χ3n) is 30.8. The number of aryl methyl sites for hydroxylation is 7. The lowest BCUT2D eigenvalue weighted by molar-refractivity contribution is -0.180. The number of esters is 4. The van der Waals surface area contributed by atoms with Gasteiger partial charge in [0.05, 0.1) is 26.4 Å². The van der Waals surface area contributed by atoms with E-state index in [2.05, 4.69) is 164 Å². The van der Waals surface area contributed by atoms with Crippen LogP contribution < -0.4 is 0 Å². The fourth-order valence-corrected chi connectivity index (χ4v) is 29.3. The van der Waals surface area contributed by atoms with Gasteiger partial charge in [0, 0.05) is 49.4 Å². The molecule has 0 aliphatic heterocycles. The van der Waals surface area contributed by atoms with Crippen LogP contribution in [0.5, 0.6) is 0 Å². The molecule has 0 heterocycles. The fraction of sp³-hybridized carbons (Fsp3) is 0.596. The molecule has 0 spiro atoms. The van der Waals surface area contributed by atoms with Crippen LogP contribution in [-0.2, 0) is 59.8 Å². The predicted molar refractivity (Wildman–Crippen MR) is 433 cm³/mol. The first kappa shape index (κ1) is 81.4. The summed E-state index contributed by atoms with van der Waals surface area (Å²) in [5.41, 5.74) is 14.6. The van der Waals surface area contributed by atoms with Crippen molar-refractivity contribution in [2.24, 2.45) is 69.0 Å². The zero-order valence-corrected chi connectivity index (χ0v) is 69.2. The average Bonchev–Trinajstić information content (AvgIpc) is 0.383. The average molecular weight is 1590 g/mol. The zero-order chi connectivity index (χ0) is 81.8. The van der Waals surface area contributed by atoms with Gasteiger partial charge < -0.3 is 18.9 Å². The molecule has 16 heteroatoms. The molecule has 16 aliphatic carbocycles. The van der Waals surface area contributed by atoms with Crippen LogP contribution in [-0.4, -0.2) is 74.0 Å². The Morgan fingerprint density at radius 2 is 0.583 bits per heavy atom. The maximum Gasteiger partial charge on any atom is 0.376 e. The number of ether oxygens (including phenoxy) is 4. The molecule has 7 aromatic carbocycles. The Balaban J connectivity index is 0.000000116. The molecule has 0 N–H and O–H groups in total. The van der Waals surface area contributed by atoms with Crippen LogP contribution in [0.2, 0.25) is 0 Å². The second-order valence-corrected chi connectivity index (χ2v) is 41.0. The van der Waals surface area contributed by atoms with Crippen LogP contribution in [0.3, 0.4) is 0 Å². The largest absolute Gasteiger partial charge is 0.461 e. The number of fused-ring (bicyclic) bond motifs is 3. The van der Waals surface area contributed by atoms with Gasteiger partial charge >= 0.3 is 47.6 Å². The van der Waals surface area contributed by atoms with Crippen molar-refractivity contribution in [2.45, 2.75) is 276 Å². The summed E-state index contributed by atoms with van der Waals surface area (Å²) in [7, 11) is 0. The first-order chi connectivity index (χ1) is 54.0. The molecule has 0 saturated heterocycles. The summed E-state index contributed by atoms with van der Waals surface area (Å²) in [6, 6.07) is 41.8. The highest BCUT2D eigenvalue weighted by molar-refractivity contribution is 6.06. The van der Waals surface area contributed by atoms with Gasteiger partial charge in [-0.2, -0.15) is 35.1 Å². The monoisotopic (exact) mass is 1580 g/mol. The van der Waals surface area contributed by atoms with Crippen LogP contribution in [0, 0.1) is 117 Å². The van der Waals surface area contributed by atoms with Gasteiger partial charge in [-0.25, -0.2) is 19.2 Å². The summed E-state index contributed by atoms with van der Waals surface area (Å²) < 4.78 is 128. The van der Waals surface area contributed by atoms with Crippen molar-refractivity contribution in [3.63, 3.8) is 0 Å². The highest BCUT2D eigenvalue weighted by Crippen LogP contribution is 2.71. The second kappa shape index (κ2) is 29.0. The minimum absolute atomic E-state index is 0.00186. The van der Waals surface area contributed by atoms with Crippen LogP contribution >= 0.6 is 0 Å². The number of hydrogen-bond donors (Lipinski definition) is 0. The molecule has 8 atom stereocenters. The van der Waals surface area contributed by atoms with Crippen molar-refractivity contribution in [1.29, 1.82) is 0 Å². The third-order valence-corrected chi connectivity index (χ3v) is 30.8. The summed E-state index contributed by atoms with van der Waals surface area (Å²) in [6.45, 7) is 18.2. The fourth-order valence-electron chi connectivity index (χ4n) is 29.3. The van der Waals surface area contributed by atoms with E-state index >= 15 is 0 Å². The Kier molecular flexibility index (Phi) is 20.5. The van der Waals surface area contributed by atoms with Crippen LogP contribution in [0.1, 0.15) is 243 Å². The molecule has 16 saturated carbocycles. The lowest BCUT2D eigenvalue weighted by Gasteiger charge is -2.62. The Morgan fingerprint density at radius 3 is 0.922 bits per heavy atom. The van der Waals surface area contributed by atoms with E-state index in [0.717, 1.165) is 103 Å². The first-order valence-corrected chi connectivity index (χ1v) is 42.8. The van der Waals surface area contributed by atoms with Gasteiger partial charge in [-0.1, -0.05) is 126 Å². The predicted octanol–water partition coefficient (Wildman–Crippen LogP) is 24.5. The maximum absolute atomic E-state index is 13.5. The number of carbonyl (C=O) groups excluding carboxylic acids is 4. The van der Waals surface area contributed by atoms with E-state index in [4.69, 9.17) is 18.9 Å². The molecular weight excluding hydrogens is 1470 g/mol. The first-order valence-electron chi connectivity index (χ1n) is 42.8. The molecule has 16 fully saturated rings. The standard InChI is InChI=1S/C29H30F2O2.C25H28F2O2.C23H30F2O2.C22H28F2O2/c1-18-21-7-3-5-9-23(21)25(24-10-6-4-8-22(18)24)29-14-19-11-20(15-29)13-28(12-19,16-29)17-33-26(32)27(2,30)31;1-16-7-8-21(20-6-4-3-5-19(16)20)25-12-17-9-18(13-25)11-24(10-17,14-25)15-29-22(28)23(2,26)27;1-14-5-15(2)19(16(3)6-14)23-10-17-7-18(11-23)9-22(8-17,12-23)13-27-20(26)21(4,24)25;1-14-4-5-18(15(2)6-14)22-10-16-7-17(11-22)9-21(8-16,12-22)13-26-19(25)20(3,23)24/h3-10,19-20H,11-17H2,1-2H3;3-8,17-18H,9-15H2,1-2H3;5-6,17-18H,7-13H2,1-4H3;4-6,16-17H,7-13H2,1-3H3. The van der Waals surface area contributed by atoms with Crippen molar-refractivity contribution >= 4 is 56.2 Å². The van der Waals surface area contributed by atoms with Crippen LogP contribution in [0.25, 0.3) is 32.3 Å². The Labute approximate surface area is 673 Å². The van der Waals surface area contributed by atoms with Crippen molar-refractivity contribution in [1.82, 2.24) is 0 Å². The number of carbonyl (C=O) groups is 4. The maximum atomic E-state index is 13.5. The zero-order valence-electron chi connectivity index (χ0n) is 69.2. The lowest BCUT2D eigenvalue weighted by atomic mass is 9.42. The smallest absolute Gasteiger partial charge is 0.376 e. The van der Waals surface area contributed by atoms with Gasteiger partial charge in [0.25, 0.3) is 0 Å². The number of halogens is 8. The third kappa shape index (κ3) is 15.4. The van der Waals surface area contributed by atoms with Crippen LogP contribution in [0.15, 0.2) is 115 Å². The van der Waals surface area contributed by atoms with Gasteiger partial charge in [-0.3, -0.25) is 0 Å². The number of benzene rings is 7. The Bertz CT molecular complexity index is 4840. The summed E-state index contributed by atoms with van der Waals surface area (Å²) >= 11 is 0. The van der Waals surface area contributed by atoms with Gasteiger partial charge in [0.15, 0.2) is 0 Å². The summed E-state index contributed by atoms with van der Waals surface area (Å²) in [5.74, 6) is -14.4. The molecule has 616 valence electrons. The lowest BCUT2D eigenvalue weighted by Crippen LogP contribution is -2.56. The topological polar surface area (TPSA) is 105 Å². The normalized spacial score (nSPS) is 33.4. The van der Waals surface area contributed by atoms with Crippen LogP contribution in [0.4, 0.5) is 35.1 Å². The summed E-state index contributed by atoms with van der Waals surface area (Å²) in [4.78, 5) is 47.0. The minimum atomic E-state index is -3.44. The number of rotatable bonds is 16. The van der Waals surface area contributed by atoms with Crippen molar-refractivity contribution in [3.8, 4) is 0 Å². The highest BCUT2D eigenvalue weighted by Gasteiger charge is 2.64. The van der Waals surface area contributed by atoms with Gasteiger partial charge in [-0.05, 0) is 354 Å². The van der Waals surface area contributed by atoms with Crippen molar-refractivity contribution < 1.29 is 73.2 Å². The van der Waals surface area contributed by atoms with Crippen molar-refractivity contribution in [2.75, 3.05) is 26.4 Å². The number of hydrogen-bond acceptors (Lipinski definition) is 8. The van der Waals surface area contributed by atoms with Gasteiger partial charge in [0.2, 0.25) is 0 Å². The molecule has 0 radical (unpaired) electrons. The van der Waals surface area contributed by atoms with E-state index in [-0.39, 0.29) is 69.7 Å². The van der Waals surface area contributed by atoms with E-state index in [1.54, 1.807) is 0 Å². The van der Waals surface area contributed by atoms with Gasteiger partial charge in [0.1, 0.15) is 0 Å². The molecule has 0 aromatic heterocycles. The van der Waals surface area contributed by atoms with E-state index < -0.39 is 47.6 Å². The van der Waals surface area contributed by atoms with Gasteiger partial charge in [-0.15, -0.1) is 0 Å². The molecular formula is C99H116F8O8. The molecule has 8 nitrogen and oxygen atoms in total. The molecule has 0 amide bonds. The minimum Gasteiger partial charge on any atom is -0.461 e. The van der Waals surface area contributed by atoms with E-state index in [1.165, 1.54) is 145 Å². The molecule has 7 aromatic rings. The highest BCUT2D eigenvalue weighted by atomic mass is 19.3. The Hall–Kier alpha value is -7.36. The van der Waals surface area contributed by atoms with E-state index in [0.29, 0.717) is 75.0 Å². The summed E-state index contributed by atoms with van der Waals surface area (Å²) in [5, 5.41) is 7.86. The molecule has 16 aliphatic rings. The quantitative estimate of drug-likeness (QED) is 0.0408. The van der Waals surface area contributed by atoms with E-state index in [1.807, 2.05) is 0 Å². The molecule has 23 rings (SSSR count). The number of alkyl halides is 8.